The first-order chi connectivity index (χ1) is 8.77. The van der Waals surface area contributed by atoms with E-state index in [2.05, 4.69) is 6.07 Å². The molecular weight excluding hydrogens is 224 g/mol. The number of hydrogen-bond donors (Lipinski definition) is 1. The second-order valence-corrected chi connectivity index (χ2v) is 5.43. The van der Waals surface area contributed by atoms with Crippen LogP contribution in [-0.2, 0) is 11.2 Å². The van der Waals surface area contributed by atoms with Crippen molar-refractivity contribution in [2.24, 2.45) is 5.92 Å². The Hall–Kier alpha value is -1.51. The number of fused-ring (bicyclic) bond motifs is 1. The number of nitrogens with zero attached hydrogens (tertiary/aromatic N) is 1. The zero-order valence-electron chi connectivity index (χ0n) is 10.7. The van der Waals surface area contributed by atoms with Crippen LogP contribution >= 0.6 is 0 Å². The van der Waals surface area contributed by atoms with Crippen LogP contribution in [0.15, 0.2) is 18.2 Å². The molecule has 18 heavy (non-hydrogen) atoms. The number of anilines is 2. The second kappa shape index (κ2) is 4.63. The van der Waals surface area contributed by atoms with E-state index in [1.54, 1.807) is 0 Å². The van der Waals surface area contributed by atoms with Crippen molar-refractivity contribution < 1.29 is 4.79 Å². The van der Waals surface area contributed by atoms with E-state index >= 15 is 0 Å². The summed E-state index contributed by atoms with van der Waals surface area (Å²) in [5.74, 6) is 0.524. The van der Waals surface area contributed by atoms with E-state index in [9.17, 15) is 4.79 Å². The summed E-state index contributed by atoms with van der Waals surface area (Å²) in [6, 6.07) is 5.95. The average molecular weight is 244 g/mol. The van der Waals surface area contributed by atoms with Gasteiger partial charge in [-0.15, -0.1) is 0 Å². The molecule has 96 valence electrons. The molecule has 1 heterocycles. The van der Waals surface area contributed by atoms with Gasteiger partial charge < -0.3 is 10.6 Å². The second-order valence-electron chi connectivity index (χ2n) is 5.43. The van der Waals surface area contributed by atoms with Crippen molar-refractivity contribution in [2.45, 2.75) is 38.5 Å². The maximum Gasteiger partial charge on any atom is 0.230 e. The van der Waals surface area contributed by atoms with Crippen LogP contribution in [0.25, 0.3) is 0 Å². The summed E-state index contributed by atoms with van der Waals surface area (Å²) in [7, 11) is 0. The number of hydrogen-bond acceptors (Lipinski definition) is 2. The van der Waals surface area contributed by atoms with Crippen molar-refractivity contribution in [3.05, 3.63) is 23.8 Å². The first-order valence-corrected chi connectivity index (χ1v) is 6.96. The van der Waals surface area contributed by atoms with Crippen LogP contribution < -0.4 is 10.6 Å². The summed E-state index contributed by atoms with van der Waals surface area (Å²) in [6.07, 6.45) is 6.72. The minimum atomic E-state index is 0.226. The average Bonchev–Trinajstić information content (AvgIpc) is 2.84. The zero-order valence-corrected chi connectivity index (χ0v) is 10.7. The van der Waals surface area contributed by atoms with Gasteiger partial charge in [0, 0.05) is 12.5 Å². The van der Waals surface area contributed by atoms with Gasteiger partial charge in [-0.3, -0.25) is 4.79 Å². The predicted octanol–water partition coefficient (Wildman–Crippen LogP) is 2.74. The third-order valence-electron chi connectivity index (χ3n) is 4.25. The van der Waals surface area contributed by atoms with Gasteiger partial charge in [-0.05, 0) is 30.9 Å². The lowest BCUT2D eigenvalue weighted by atomic mass is 9.88. The largest absolute Gasteiger partial charge is 0.397 e. The van der Waals surface area contributed by atoms with E-state index in [-0.39, 0.29) is 5.92 Å². The predicted molar refractivity (Wildman–Crippen MR) is 73.5 cm³/mol. The van der Waals surface area contributed by atoms with Gasteiger partial charge in [0.15, 0.2) is 0 Å². The van der Waals surface area contributed by atoms with Crippen LogP contribution in [0.2, 0.25) is 0 Å². The number of carbonyl (C=O) groups excluding carboxylic acids is 1. The summed E-state index contributed by atoms with van der Waals surface area (Å²) in [4.78, 5) is 14.5. The van der Waals surface area contributed by atoms with Gasteiger partial charge in [0.05, 0.1) is 11.4 Å². The molecule has 2 aliphatic rings. The molecule has 3 rings (SSSR count). The Morgan fingerprint density at radius 2 is 2.00 bits per heavy atom. The Bertz CT molecular complexity index is 464. The molecule has 1 fully saturated rings. The fraction of sp³-hybridized carbons (Fsp3) is 0.533. The number of para-hydroxylation sites is 1. The lowest BCUT2D eigenvalue weighted by Gasteiger charge is -2.27. The summed E-state index contributed by atoms with van der Waals surface area (Å²) < 4.78 is 0. The maximum absolute atomic E-state index is 12.6. The molecule has 3 nitrogen and oxygen atoms in total. The molecule has 0 aromatic heterocycles. The Kier molecular flexibility index (Phi) is 2.98. The molecule has 0 spiro atoms. The molecule has 0 bridgehead atoms. The molecule has 1 saturated carbocycles. The summed E-state index contributed by atoms with van der Waals surface area (Å²) in [6.45, 7) is 0.804. The summed E-state index contributed by atoms with van der Waals surface area (Å²) >= 11 is 0. The first-order valence-electron chi connectivity index (χ1n) is 6.96. The van der Waals surface area contributed by atoms with E-state index in [0.29, 0.717) is 5.91 Å². The van der Waals surface area contributed by atoms with Crippen LogP contribution in [0.3, 0.4) is 0 Å². The van der Waals surface area contributed by atoms with Crippen LogP contribution in [0.1, 0.15) is 37.7 Å². The molecule has 3 heteroatoms. The highest BCUT2D eigenvalue weighted by molar-refractivity contribution is 6.00. The van der Waals surface area contributed by atoms with E-state index in [4.69, 9.17) is 5.73 Å². The lowest BCUT2D eigenvalue weighted by Crippen LogP contribution is -2.36. The van der Waals surface area contributed by atoms with Crippen LogP contribution in [0.4, 0.5) is 11.4 Å². The molecule has 0 atom stereocenters. The number of benzene rings is 1. The molecule has 1 aromatic carbocycles. The lowest BCUT2D eigenvalue weighted by molar-refractivity contribution is -0.123. The van der Waals surface area contributed by atoms with Crippen LogP contribution in [0.5, 0.6) is 0 Å². The fourth-order valence-corrected chi connectivity index (χ4v) is 3.28. The summed E-state index contributed by atoms with van der Waals surface area (Å²) in [5, 5.41) is 0. The van der Waals surface area contributed by atoms with Gasteiger partial charge in [0.1, 0.15) is 0 Å². The third-order valence-corrected chi connectivity index (χ3v) is 4.25. The van der Waals surface area contributed by atoms with Crippen molar-refractivity contribution in [1.82, 2.24) is 0 Å². The number of amides is 1. The monoisotopic (exact) mass is 244 g/mol. The Morgan fingerprint density at radius 1 is 1.22 bits per heavy atom. The minimum Gasteiger partial charge on any atom is -0.397 e. The van der Waals surface area contributed by atoms with Gasteiger partial charge in [-0.1, -0.05) is 31.4 Å². The smallest absolute Gasteiger partial charge is 0.230 e. The summed E-state index contributed by atoms with van der Waals surface area (Å²) in [5.41, 5.74) is 8.98. The van der Waals surface area contributed by atoms with Gasteiger partial charge in [0.2, 0.25) is 5.91 Å². The van der Waals surface area contributed by atoms with Crippen molar-refractivity contribution in [3.8, 4) is 0 Å². The number of nitrogen functional groups attached to an aromatic ring is 1. The molecular formula is C15H20N2O. The molecule has 0 saturated heterocycles. The maximum atomic E-state index is 12.6. The Morgan fingerprint density at radius 3 is 2.78 bits per heavy atom. The Labute approximate surface area is 108 Å². The van der Waals surface area contributed by atoms with E-state index in [0.717, 1.165) is 37.2 Å². The molecule has 2 N–H and O–H groups in total. The van der Waals surface area contributed by atoms with Gasteiger partial charge >= 0.3 is 0 Å². The topological polar surface area (TPSA) is 46.3 Å². The molecule has 1 aromatic rings. The number of nitrogens with two attached hydrogens (primary N) is 1. The van der Waals surface area contributed by atoms with E-state index in [1.807, 2.05) is 17.0 Å². The normalized spacial score (nSPS) is 19.9. The van der Waals surface area contributed by atoms with Crippen molar-refractivity contribution >= 4 is 17.3 Å². The van der Waals surface area contributed by atoms with E-state index in [1.165, 1.54) is 24.8 Å². The van der Waals surface area contributed by atoms with Crippen LogP contribution in [-0.4, -0.2) is 12.5 Å². The highest BCUT2D eigenvalue weighted by Gasteiger charge is 2.31. The SMILES string of the molecule is Nc1cccc2c1N(C(=O)C1CCCCC1)CC2. The van der Waals surface area contributed by atoms with Crippen molar-refractivity contribution in [1.29, 1.82) is 0 Å². The highest BCUT2D eigenvalue weighted by Crippen LogP contribution is 2.36. The van der Waals surface area contributed by atoms with E-state index < -0.39 is 0 Å². The zero-order chi connectivity index (χ0) is 12.5. The standard InChI is InChI=1S/C15H20N2O/c16-13-8-4-7-11-9-10-17(14(11)13)15(18)12-5-2-1-3-6-12/h4,7-8,12H,1-3,5-6,9-10,16H2. The minimum absolute atomic E-state index is 0.226. The quantitative estimate of drug-likeness (QED) is 0.772. The highest BCUT2D eigenvalue weighted by atomic mass is 16.2. The van der Waals surface area contributed by atoms with Crippen LogP contribution in [0, 0.1) is 5.92 Å². The van der Waals surface area contributed by atoms with Crippen molar-refractivity contribution in [2.75, 3.05) is 17.2 Å². The first kappa shape index (κ1) is 11.6. The van der Waals surface area contributed by atoms with Gasteiger partial charge in [0.25, 0.3) is 0 Å². The molecule has 1 aliphatic carbocycles. The molecule has 1 aliphatic heterocycles. The molecule has 1 amide bonds. The third kappa shape index (κ3) is 1.88. The molecule has 0 unspecified atom stereocenters. The molecule has 0 radical (unpaired) electrons. The Balaban J connectivity index is 1.85. The number of carbonyl (C=O) groups is 1. The van der Waals surface area contributed by atoms with Crippen molar-refractivity contribution in [3.63, 3.8) is 0 Å². The van der Waals surface area contributed by atoms with Gasteiger partial charge in [-0.2, -0.15) is 0 Å². The fourth-order valence-electron chi connectivity index (χ4n) is 3.28. The number of rotatable bonds is 1. The van der Waals surface area contributed by atoms with Gasteiger partial charge in [-0.25, -0.2) is 0 Å².